The van der Waals surface area contributed by atoms with Gasteiger partial charge in [0.05, 0.1) is 12.7 Å². The van der Waals surface area contributed by atoms with Crippen molar-refractivity contribution in [3.8, 4) is 11.5 Å². The maximum atomic E-state index is 12.8. The molecule has 3 aromatic rings. The number of amidine groups is 2. The molecule has 0 aliphatic carbocycles. The van der Waals surface area contributed by atoms with Gasteiger partial charge in [0.1, 0.15) is 11.1 Å². The number of hydrazone groups is 1. The number of amides is 1. The maximum absolute atomic E-state index is 12.8. The highest BCUT2D eigenvalue weighted by molar-refractivity contribution is 8.27. The van der Waals surface area contributed by atoms with E-state index in [9.17, 15) is 4.79 Å². The first-order chi connectivity index (χ1) is 17.4. The summed E-state index contributed by atoms with van der Waals surface area (Å²) in [6.45, 7) is 3.99. The number of hydrogen-bond acceptors (Lipinski definition) is 6. The lowest BCUT2D eigenvalue weighted by Gasteiger charge is -2.20. The number of hydrogen-bond donors (Lipinski definition) is 1. The molecule has 0 spiro atoms. The van der Waals surface area contributed by atoms with Gasteiger partial charge >= 0.3 is 0 Å². The molecular weight excluding hydrogens is 472 g/mol. The number of benzene rings is 3. The van der Waals surface area contributed by atoms with Crippen LogP contribution >= 0.6 is 11.8 Å². The molecule has 8 heteroatoms. The van der Waals surface area contributed by atoms with Gasteiger partial charge in [-0.25, -0.2) is 0 Å². The summed E-state index contributed by atoms with van der Waals surface area (Å²) in [4.78, 5) is 17.0. The third-order valence-electron chi connectivity index (χ3n) is 5.82. The Hall–Kier alpha value is -4.17. The zero-order valence-electron chi connectivity index (χ0n) is 20.1. The fourth-order valence-corrected chi connectivity index (χ4v) is 4.72. The number of carbonyl (C=O) groups is 1. The van der Waals surface area contributed by atoms with Gasteiger partial charge in [-0.3, -0.25) is 10.2 Å². The summed E-state index contributed by atoms with van der Waals surface area (Å²) in [5, 5.41) is 15.7. The van der Waals surface area contributed by atoms with E-state index in [0.717, 1.165) is 16.7 Å². The summed E-state index contributed by atoms with van der Waals surface area (Å²) in [7, 11) is 1.57. The molecule has 0 fully saturated rings. The van der Waals surface area contributed by atoms with Gasteiger partial charge in [-0.1, -0.05) is 66.2 Å². The molecule has 2 heterocycles. The summed E-state index contributed by atoms with van der Waals surface area (Å²) in [6, 6.07) is 23.3. The Morgan fingerprint density at radius 3 is 2.50 bits per heavy atom. The van der Waals surface area contributed by atoms with Gasteiger partial charge in [0.25, 0.3) is 5.91 Å². The van der Waals surface area contributed by atoms with Crippen molar-refractivity contribution in [1.29, 1.82) is 5.41 Å². The van der Waals surface area contributed by atoms with E-state index in [1.165, 1.54) is 16.8 Å². The van der Waals surface area contributed by atoms with Crippen molar-refractivity contribution in [3.05, 3.63) is 101 Å². The monoisotopic (exact) mass is 496 g/mol. The van der Waals surface area contributed by atoms with Crippen LogP contribution in [-0.2, 0) is 4.79 Å². The smallest absolute Gasteiger partial charge is 0.283 e. The molecule has 0 unspecified atom stereocenters. The average molecular weight is 497 g/mol. The quantitative estimate of drug-likeness (QED) is 0.435. The predicted molar refractivity (Wildman–Crippen MR) is 144 cm³/mol. The van der Waals surface area contributed by atoms with Crippen molar-refractivity contribution >= 4 is 39.8 Å². The third kappa shape index (κ3) is 4.67. The summed E-state index contributed by atoms with van der Waals surface area (Å²) in [6.07, 6.45) is 1.46. The van der Waals surface area contributed by atoms with Gasteiger partial charge in [-0.05, 0) is 54.9 Å². The SMILES string of the molecule is COc1cc(/C=C2/C(=N)N3N=C(c4ccc(C)cc4)SC3=NC2=O)ccc1O[C@H](C)c1ccccc1. The second kappa shape index (κ2) is 9.83. The van der Waals surface area contributed by atoms with E-state index >= 15 is 0 Å². The predicted octanol–water partition coefficient (Wildman–Crippen LogP) is 5.81. The standard InChI is InChI=1S/C28H24N4O3S/c1-17-9-12-21(13-10-17)27-31-32-25(29)22(26(33)30-28(32)36-27)15-19-11-14-23(24(16-19)34-3)35-18(2)20-7-5-4-6-8-20/h4-16,18,29H,1-3H3/b22-15-,29-25?/t18-/m1/s1. The number of nitrogens with one attached hydrogen (secondary N) is 1. The summed E-state index contributed by atoms with van der Waals surface area (Å²) < 4.78 is 11.7. The van der Waals surface area contributed by atoms with Crippen molar-refractivity contribution in [3.63, 3.8) is 0 Å². The van der Waals surface area contributed by atoms with Crippen LogP contribution < -0.4 is 9.47 Å². The van der Waals surface area contributed by atoms with Crippen molar-refractivity contribution < 1.29 is 14.3 Å². The molecule has 36 heavy (non-hydrogen) atoms. The number of thioether (sulfide) groups is 1. The molecule has 1 amide bonds. The fourth-order valence-electron chi connectivity index (χ4n) is 3.83. The number of ether oxygens (including phenoxy) is 2. The minimum atomic E-state index is -0.476. The Balaban J connectivity index is 1.39. The van der Waals surface area contributed by atoms with Crippen molar-refractivity contribution in [2.45, 2.75) is 20.0 Å². The fraction of sp³-hybridized carbons (Fsp3) is 0.143. The number of aliphatic imine (C=N–C) groups is 1. The average Bonchev–Trinajstić information content (AvgIpc) is 3.32. The first-order valence-electron chi connectivity index (χ1n) is 11.4. The molecular formula is C28H24N4O3S. The molecule has 5 rings (SSSR count). The summed E-state index contributed by atoms with van der Waals surface area (Å²) in [5.41, 5.74) is 3.95. The van der Waals surface area contributed by atoms with Crippen LogP contribution in [0.3, 0.4) is 0 Å². The van der Waals surface area contributed by atoms with Gasteiger partial charge in [-0.2, -0.15) is 15.1 Å². The van der Waals surface area contributed by atoms with Crippen LogP contribution in [0.4, 0.5) is 0 Å². The van der Waals surface area contributed by atoms with Crippen molar-refractivity contribution in [2.24, 2.45) is 10.1 Å². The Kier molecular flexibility index (Phi) is 6.43. The summed E-state index contributed by atoms with van der Waals surface area (Å²) in [5.74, 6) is 0.625. The topological polar surface area (TPSA) is 87.3 Å². The molecule has 7 nitrogen and oxygen atoms in total. The number of aryl methyl sites for hydroxylation is 1. The van der Waals surface area contributed by atoms with E-state index in [2.05, 4.69) is 10.1 Å². The largest absolute Gasteiger partial charge is 0.493 e. The minimum Gasteiger partial charge on any atom is -0.493 e. The van der Waals surface area contributed by atoms with Crippen molar-refractivity contribution in [2.75, 3.05) is 7.11 Å². The highest BCUT2D eigenvalue weighted by Gasteiger charge is 2.36. The summed E-state index contributed by atoms with van der Waals surface area (Å²) >= 11 is 1.28. The number of nitrogens with zero attached hydrogens (tertiary/aromatic N) is 3. The van der Waals surface area contributed by atoms with Crippen LogP contribution in [0.5, 0.6) is 11.5 Å². The highest BCUT2D eigenvalue weighted by Crippen LogP contribution is 2.34. The van der Waals surface area contributed by atoms with Gasteiger partial charge in [0.15, 0.2) is 17.3 Å². The van der Waals surface area contributed by atoms with Gasteiger partial charge < -0.3 is 9.47 Å². The normalized spacial score (nSPS) is 17.0. The van der Waals surface area contributed by atoms with Gasteiger partial charge in [-0.15, -0.1) is 0 Å². The number of rotatable bonds is 6. The zero-order valence-corrected chi connectivity index (χ0v) is 20.9. The maximum Gasteiger partial charge on any atom is 0.283 e. The second-order valence-electron chi connectivity index (χ2n) is 8.37. The van der Waals surface area contributed by atoms with E-state index in [4.69, 9.17) is 14.9 Å². The lowest BCUT2D eigenvalue weighted by atomic mass is 10.1. The molecule has 0 aromatic heterocycles. The highest BCUT2D eigenvalue weighted by atomic mass is 32.2. The molecule has 0 saturated carbocycles. The van der Waals surface area contributed by atoms with E-state index in [1.807, 2.05) is 74.5 Å². The van der Waals surface area contributed by atoms with Crippen LogP contribution in [-0.4, -0.2) is 34.1 Å². The van der Waals surface area contributed by atoms with E-state index in [0.29, 0.717) is 27.3 Å². The molecule has 2 aliphatic rings. The minimum absolute atomic E-state index is 0.0170. The van der Waals surface area contributed by atoms with E-state index in [1.54, 1.807) is 25.3 Å². The molecule has 180 valence electrons. The lowest BCUT2D eigenvalue weighted by molar-refractivity contribution is -0.114. The Morgan fingerprint density at radius 1 is 1.03 bits per heavy atom. The van der Waals surface area contributed by atoms with Gasteiger partial charge in [0, 0.05) is 5.56 Å². The number of carbonyl (C=O) groups excluding carboxylic acids is 1. The van der Waals surface area contributed by atoms with Crippen LogP contribution in [0.25, 0.3) is 6.08 Å². The van der Waals surface area contributed by atoms with Crippen molar-refractivity contribution in [1.82, 2.24) is 5.01 Å². The Bertz CT molecular complexity index is 1430. The lowest BCUT2D eigenvalue weighted by Crippen LogP contribution is -2.35. The Labute approximate surface area is 213 Å². The second-order valence-corrected chi connectivity index (χ2v) is 9.33. The van der Waals surface area contributed by atoms with E-state index < -0.39 is 5.91 Å². The molecule has 0 radical (unpaired) electrons. The first-order valence-corrected chi connectivity index (χ1v) is 12.2. The Morgan fingerprint density at radius 2 is 1.78 bits per heavy atom. The molecule has 1 atom stereocenters. The molecule has 2 aliphatic heterocycles. The molecule has 3 aromatic carbocycles. The molecule has 0 bridgehead atoms. The van der Waals surface area contributed by atoms with E-state index in [-0.39, 0.29) is 17.5 Å². The number of methoxy groups -OCH3 is 1. The number of fused-ring (bicyclic) bond motifs is 1. The first kappa shape index (κ1) is 23.6. The van der Waals surface area contributed by atoms with Crippen LogP contribution in [0.2, 0.25) is 0 Å². The zero-order chi connectivity index (χ0) is 25.2. The molecule has 1 N–H and O–H groups in total. The molecule has 0 saturated heterocycles. The van der Waals surface area contributed by atoms with Gasteiger partial charge in [0.2, 0.25) is 5.17 Å². The van der Waals surface area contributed by atoms with Crippen LogP contribution in [0, 0.1) is 12.3 Å². The third-order valence-corrected chi connectivity index (χ3v) is 6.78. The van der Waals surface area contributed by atoms with Crippen LogP contribution in [0.1, 0.15) is 35.3 Å². The van der Waals surface area contributed by atoms with Crippen LogP contribution in [0.15, 0.2) is 88.5 Å².